The van der Waals surface area contributed by atoms with Crippen LogP contribution < -0.4 is 11.1 Å². The number of hydrogen-bond donors (Lipinski definition) is 2. The number of amides is 1. The number of carbonyl (C=O) groups is 1. The van der Waals surface area contributed by atoms with Crippen LogP contribution in [0, 0.1) is 13.8 Å². The van der Waals surface area contributed by atoms with E-state index in [0.29, 0.717) is 13.1 Å². The summed E-state index contributed by atoms with van der Waals surface area (Å²) in [5.74, 6) is 0.0208. The first-order chi connectivity index (χ1) is 9.61. The molecule has 1 aliphatic rings. The maximum atomic E-state index is 12.2. The summed E-state index contributed by atoms with van der Waals surface area (Å²) in [4.78, 5) is 14.3. The Balaban J connectivity index is 1.98. The molecule has 1 unspecified atom stereocenters. The zero-order valence-electron chi connectivity index (χ0n) is 12.2. The molecule has 0 fully saturated rings. The maximum absolute atomic E-state index is 12.2. The topological polar surface area (TPSA) is 58.4 Å². The molecule has 0 aliphatic carbocycles. The van der Waals surface area contributed by atoms with Gasteiger partial charge in [-0.15, -0.1) is 0 Å². The summed E-state index contributed by atoms with van der Waals surface area (Å²) in [5, 5.41) is 3.00. The van der Waals surface area contributed by atoms with Crippen molar-refractivity contribution in [2.45, 2.75) is 26.3 Å². The molecule has 3 N–H and O–H groups in total. The average Bonchev–Trinajstić information content (AvgIpc) is 2.44. The van der Waals surface area contributed by atoms with Gasteiger partial charge in [0.25, 0.3) is 0 Å². The second-order valence-corrected chi connectivity index (χ2v) is 5.29. The number of hydrogen-bond acceptors (Lipinski definition) is 3. The van der Waals surface area contributed by atoms with Gasteiger partial charge in [0.1, 0.15) is 0 Å². The molecule has 4 nitrogen and oxygen atoms in total. The van der Waals surface area contributed by atoms with Crippen LogP contribution in [-0.4, -0.2) is 36.5 Å². The van der Waals surface area contributed by atoms with E-state index in [1.807, 2.05) is 32.0 Å². The minimum absolute atomic E-state index is 0.0208. The summed E-state index contributed by atoms with van der Waals surface area (Å²) in [7, 11) is 0. The van der Waals surface area contributed by atoms with E-state index >= 15 is 0 Å². The van der Waals surface area contributed by atoms with Crippen LogP contribution in [0.1, 0.15) is 17.5 Å². The summed E-state index contributed by atoms with van der Waals surface area (Å²) < 4.78 is 0. The molecule has 4 heteroatoms. The monoisotopic (exact) mass is 273 g/mol. The molecule has 1 aliphatic heterocycles. The van der Waals surface area contributed by atoms with E-state index in [1.165, 1.54) is 5.56 Å². The second kappa shape index (κ2) is 6.68. The Morgan fingerprint density at radius 2 is 2.25 bits per heavy atom. The predicted octanol–water partition coefficient (Wildman–Crippen LogP) is 1.83. The highest BCUT2D eigenvalue weighted by molar-refractivity contribution is 5.93. The van der Waals surface area contributed by atoms with Gasteiger partial charge in [-0.2, -0.15) is 0 Å². The number of nitrogens with zero attached hydrogens (tertiary/aromatic N) is 1. The highest BCUT2D eigenvalue weighted by Gasteiger charge is 2.20. The van der Waals surface area contributed by atoms with E-state index < -0.39 is 0 Å². The number of rotatable bonds is 4. The summed E-state index contributed by atoms with van der Waals surface area (Å²) in [6, 6.07) is 6.12. The van der Waals surface area contributed by atoms with E-state index in [0.717, 1.165) is 24.2 Å². The second-order valence-electron chi connectivity index (χ2n) is 5.29. The van der Waals surface area contributed by atoms with Gasteiger partial charge in [-0.1, -0.05) is 24.3 Å². The van der Waals surface area contributed by atoms with Gasteiger partial charge in [0, 0.05) is 24.8 Å². The van der Waals surface area contributed by atoms with E-state index in [9.17, 15) is 4.79 Å². The Bertz CT molecular complexity index is 510. The summed E-state index contributed by atoms with van der Waals surface area (Å²) in [6.07, 6.45) is 5.21. The molecule has 1 heterocycles. The normalized spacial score (nSPS) is 19.1. The lowest BCUT2D eigenvalue weighted by Gasteiger charge is -2.30. The smallest absolute Gasteiger partial charge is 0.238 e. The minimum atomic E-state index is 0.0208. The lowest BCUT2D eigenvalue weighted by Crippen LogP contribution is -2.45. The van der Waals surface area contributed by atoms with Crippen molar-refractivity contribution in [1.29, 1.82) is 0 Å². The number of nitrogens with one attached hydrogen (secondary N) is 1. The fourth-order valence-electron chi connectivity index (χ4n) is 2.47. The predicted molar refractivity (Wildman–Crippen MR) is 82.7 cm³/mol. The Morgan fingerprint density at radius 3 is 3.00 bits per heavy atom. The fourth-order valence-corrected chi connectivity index (χ4v) is 2.47. The summed E-state index contributed by atoms with van der Waals surface area (Å²) in [5.41, 5.74) is 8.94. The first-order valence-electron chi connectivity index (χ1n) is 7.08. The van der Waals surface area contributed by atoms with Crippen molar-refractivity contribution in [3.8, 4) is 0 Å². The molecule has 0 saturated heterocycles. The zero-order chi connectivity index (χ0) is 14.5. The molecule has 2 rings (SSSR count). The van der Waals surface area contributed by atoms with E-state index in [1.54, 1.807) is 0 Å². The van der Waals surface area contributed by atoms with Gasteiger partial charge in [-0.05, 0) is 37.5 Å². The molecular formula is C16H23N3O. The van der Waals surface area contributed by atoms with Gasteiger partial charge in [0.05, 0.1) is 6.54 Å². The number of benzene rings is 1. The summed E-state index contributed by atoms with van der Waals surface area (Å²) in [6.45, 7) is 5.90. The van der Waals surface area contributed by atoms with Crippen LogP contribution in [0.15, 0.2) is 30.4 Å². The van der Waals surface area contributed by atoms with Crippen LogP contribution in [0.3, 0.4) is 0 Å². The van der Waals surface area contributed by atoms with Crippen LogP contribution >= 0.6 is 0 Å². The number of nitrogens with two attached hydrogens (primary N) is 1. The van der Waals surface area contributed by atoms with Gasteiger partial charge in [0.2, 0.25) is 5.91 Å². The standard InChI is InChI=1S/C16H23N3O/c1-12-6-5-8-15(13(12)2)18-16(20)11-19-9-4-3-7-14(19)10-17/h3,5-8,14H,4,9-11,17H2,1-2H3,(H,18,20). The van der Waals surface area contributed by atoms with Crippen LogP contribution in [0.2, 0.25) is 0 Å². The third-order valence-corrected chi connectivity index (χ3v) is 3.88. The molecular weight excluding hydrogens is 250 g/mol. The van der Waals surface area contributed by atoms with Crippen LogP contribution in [0.4, 0.5) is 5.69 Å². The van der Waals surface area contributed by atoms with Crippen LogP contribution in [0.5, 0.6) is 0 Å². The molecule has 0 aromatic heterocycles. The highest BCUT2D eigenvalue weighted by atomic mass is 16.2. The molecule has 0 spiro atoms. The van der Waals surface area contributed by atoms with Gasteiger partial charge < -0.3 is 11.1 Å². The van der Waals surface area contributed by atoms with Crippen molar-refractivity contribution in [3.63, 3.8) is 0 Å². The minimum Gasteiger partial charge on any atom is -0.329 e. The molecule has 1 aromatic rings. The van der Waals surface area contributed by atoms with Crippen molar-refractivity contribution in [2.24, 2.45) is 5.73 Å². The largest absolute Gasteiger partial charge is 0.329 e. The Hall–Kier alpha value is -1.65. The van der Waals surface area contributed by atoms with Crippen molar-refractivity contribution < 1.29 is 4.79 Å². The molecule has 20 heavy (non-hydrogen) atoms. The van der Waals surface area contributed by atoms with E-state index in [2.05, 4.69) is 22.4 Å². The average molecular weight is 273 g/mol. The molecule has 1 aromatic carbocycles. The lowest BCUT2D eigenvalue weighted by atomic mass is 10.1. The summed E-state index contributed by atoms with van der Waals surface area (Å²) >= 11 is 0. The van der Waals surface area contributed by atoms with Crippen molar-refractivity contribution in [1.82, 2.24) is 4.90 Å². The number of carbonyl (C=O) groups excluding carboxylic acids is 1. The lowest BCUT2D eigenvalue weighted by molar-refractivity contribution is -0.117. The number of anilines is 1. The van der Waals surface area contributed by atoms with Gasteiger partial charge in [0.15, 0.2) is 0 Å². The quantitative estimate of drug-likeness (QED) is 0.823. The Kier molecular flexibility index (Phi) is 4.93. The van der Waals surface area contributed by atoms with Crippen LogP contribution in [0.25, 0.3) is 0 Å². The van der Waals surface area contributed by atoms with Gasteiger partial charge in [-0.3, -0.25) is 9.69 Å². The molecule has 1 amide bonds. The van der Waals surface area contributed by atoms with Gasteiger partial charge in [-0.25, -0.2) is 0 Å². The van der Waals surface area contributed by atoms with Crippen molar-refractivity contribution >= 4 is 11.6 Å². The first-order valence-corrected chi connectivity index (χ1v) is 7.08. The molecule has 0 radical (unpaired) electrons. The molecule has 0 saturated carbocycles. The van der Waals surface area contributed by atoms with Gasteiger partial charge >= 0.3 is 0 Å². The maximum Gasteiger partial charge on any atom is 0.238 e. The third kappa shape index (κ3) is 3.46. The first kappa shape index (κ1) is 14.8. The number of aryl methyl sites for hydroxylation is 1. The SMILES string of the molecule is Cc1cccc(NC(=O)CN2CCC=CC2CN)c1C. The fraction of sp³-hybridized carbons (Fsp3) is 0.438. The van der Waals surface area contributed by atoms with E-state index in [4.69, 9.17) is 5.73 Å². The van der Waals surface area contributed by atoms with Crippen LogP contribution in [-0.2, 0) is 4.79 Å². The zero-order valence-corrected chi connectivity index (χ0v) is 12.2. The molecule has 0 bridgehead atoms. The third-order valence-electron chi connectivity index (χ3n) is 3.88. The van der Waals surface area contributed by atoms with Crippen molar-refractivity contribution in [2.75, 3.05) is 25.0 Å². The van der Waals surface area contributed by atoms with E-state index in [-0.39, 0.29) is 11.9 Å². The highest BCUT2D eigenvalue weighted by Crippen LogP contribution is 2.18. The molecule has 1 atom stereocenters. The Morgan fingerprint density at radius 1 is 1.45 bits per heavy atom. The molecule has 108 valence electrons. The Labute approximate surface area is 120 Å². The van der Waals surface area contributed by atoms with Crippen molar-refractivity contribution in [3.05, 3.63) is 41.5 Å².